The van der Waals surface area contributed by atoms with Crippen LogP contribution >= 0.6 is 0 Å². The maximum Gasteiger partial charge on any atom is 0.411 e. The van der Waals surface area contributed by atoms with Gasteiger partial charge in [0, 0.05) is 32.6 Å². The molecule has 21 heavy (non-hydrogen) atoms. The molecule has 0 aliphatic carbocycles. The van der Waals surface area contributed by atoms with Crippen molar-refractivity contribution in [3.05, 3.63) is 0 Å². The van der Waals surface area contributed by atoms with Crippen molar-refractivity contribution < 1.29 is 19.4 Å². The van der Waals surface area contributed by atoms with E-state index in [-0.39, 0.29) is 18.9 Å². The monoisotopic (exact) mass is 299 g/mol. The molecule has 120 valence electrons. The number of hydrogen-bond acceptors (Lipinski definition) is 5. The second-order valence-electron chi connectivity index (χ2n) is 6.61. The Morgan fingerprint density at radius 2 is 1.86 bits per heavy atom. The topological polar surface area (TPSA) is 82.1 Å². The molecule has 0 bridgehead atoms. The van der Waals surface area contributed by atoms with E-state index in [0.29, 0.717) is 13.1 Å². The van der Waals surface area contributed by atoms with Crippen LogP contribution in [0.15, 0.2) is 0 Å². The van der Waals surface area contributed by atoms with Crippen molar-refractivity contribution in [1.82, 2.24) is 15.1 Å². The van der Waals surface area contributed by atoms with E-state index in [0.717, 1.165) is 13.1 Å². The summed E-state index contributed by atoms with van der Waals surface area (Å²) in [7, 11) is 0. The van der Waals surface area contributed by atoms with Gasteiger partial charge in [0.15, 0.2) is 0 Å². The average molecular weight is 299 g/mol. The minimum atomic E-state index is -0.672. The molecule has 2 atom stereocenters. The standard InChI is InChI=1S/C14H25N3O4/c1-14(2,3)21-13(20)17-9-10(18)8-11(17)12(19)16-6-4-15-5-7-16/h10-11,15,18H,4-9H2,1-3H3/t10-,11+/m1/s1. The van der Waals surface area contributed by atoms with Crippen molar-refractivity contribution in [3.63, 3.8) is 0 Å². The van der Waals surface area contributed by atoms with Crippen LogP contribution in [0.1, 0.15) is 27.2 Å². The van der Waals surface area contributed by atoms with Crippen LogP contribution in [0.25, 0.3) is 0 Å². The van der Waals surface area contributed by atoms with Crippen molar-refractivity contribution in [2.24, 2.45) is 0 Å². The number of aliphatic hydroxyl groups is 1. The minimum Gasteiger partial charge on any atom is -0.444 e. The molecule has 2 aliphatic heterocycles. The van der Waals surface area contributed by atoms with Crippen molar-refractivity contribution in [3.8, 4) is 0 Å². The third-order valence-corrected chi connectivity index (χ3v) is 3.62. The molecule has 2 rings (SSSR count). The highest BCUT2D eigenvalue weighted by atomic mass is 16.6. The summed E-state index contributed by atoms with van der Waals surface area (Å²) in [4.78, 5) is 27.9. The number of hydrogen-bond donors (Lipinski definition) is 2. The number of likely N-dealkylation sites (tertiary alicyclic amines) is 1. The number of nitrogens with zero attached hydrogens (tertiary/aromatic N) is 2. The van der Waals surface area contributed by atoms with Gasteiger partial charge in [0.25, 0.3) is 0 Å². The van der Waals surface area contributed by atoms with Crippen molar-refractivity contribution >= 4 is 12.0 Å². The van der Waals surface area contributed by atoms with E-state index in [9.17, 15) is 14.7 Å². The van der Waals surface area contributed by atoms with Gasteiger partial charge in [-0.15, -0.1) is 0 Å². The van der Waals surface area contributed by atoms with Gasteiger partial charge in [0.2, 0.25) is 5.91 Å². The zero-order valence-corrected chi connectivity index (χ0v) is 13.0. The fourth-order valence-electron chi connectivity index (χ4n) is 2.67. The number of amides is 2. The van der Waals surface area contributed by atoms with Crippen molar-refractivity contribution in [1.29, 1.82) is 0 Å². The minimum absolute atomic E-state index is 0.0982. The van der Waals surface area contributed by atoms with Crippen LogP contribution in [0.2, 0.25) is 0 Å². The maximum absolute atomic E-state index is 12.6. The van der Waals surface area contributed by atoms with E-state index in [1.807, 2.05) is 0 Å². The molecule has 2 aliphatic rings. The fraction of sp³-hybridized carbons (Fsp3) is 0.857. The first-order valence-corrected chi connectivity index (χ1v) is 7.45. The highest BCUT2D eigenvalue weighted by Gasteiger charge is 2.42. The Balaban J connectivity index is 2.05. The predicted octanol–water partition coefficient (Wildman–Crippen LogP) is -0.211. The molecule has 2 fully saturated rings. The lowest BCUT2D eigenvalue weighted by Gasteiger charge is -2.33. The second kappa shape index (κ2) is 6.19. The predicted molar refractivity (Wildman–Crippen MR) is 76.8 cm³/mol. The Hall–Kier alpha value is -1.34. The lowest BCUT2D eigenvalue weighted by molar-refractivity contribution is -0.136. The quantitative estimate of drug-likeness (QED) is 0.700. The number of ether oxygens (including phenoxy) is 1. The summed E-state index contributed by atoms with van der Waals surface area (Å²) < 4.78 is 5.33. The summed E-state index contributed by atoms with van der Waals surface area (Å²) in [5, 5.41) is 13.0. The molecule has 0 saturated carbocycles. The number of carbonyl (C=O) groups excluding carboxylic acids is 2. The zero-order chi connectivity index (χ0) is 15.6. The summed E-state index contributed by atoms with van der Waals surface area (Å²) in [6, 6.07) is -0.618. The first-order chi connectivity index (χ1) is 9.78. The Bertz CT molecular complexity index is 402. The van der Waals surface area contributed by atoms with Crippen LogP contribution in [-0.4, -0.2) is 77.4 Å². The van der Waals surface area contributed by atoms with Gasteiger partial charge in [0.1, 0.15) is 11.6 Å². The molecule has 0 spiro atoms. The van der Waals surface area contributed by atoms with Crippen LogP contribution < -0.4 is 5.32 Å². The Morgan fingerprint density at radius 1 is 1.24 bits per heavy atom. The molecule has 2 amide bonds. The van der Waals surface area contributed by atoms with Crippen LogP contribution in [0.4, 0.5) is 4.79 Å². The number of piperazine rings is 1. The lowest BCUT2D eigenvalue weighted by Crippen LogP contribution is -2.53. The molecule has 0 aromatic carbocycles. The summed E-state index contributed by atoms with van der Waals surface area (Å²) in [5.74, 6) is -0.0982. The van der Waals surface area contributed by atoms with E-state index < -0.39 is 23.8 Å². The van der Waals surface area contributed by atoms with Gasteiger partial charge in [-0.2, -0.15) is 0 Å². The van der Waals surface area contributed by atoms with Gasteiger partial charge in [-0.05, 0) is 20.8 Å². The molecular formula is C14H25N3O4. The van der Waals surface area contributed by atoms with Crippen LogP contribution in [0.3, 0.4) is 0 Å². The van der Waals surface area contributed by atoms with Crippen molar-refractivity contribution in [2.45, 2.75) is 44.9 Å². The summed E-state index contributed by atoms with van der Waals surface area (Å²) in [6.07, 6.45) is -0.927. The zero-order valence-electron chi connectivity index (χ0n) is 13.0. The first kappa shape index (κ1) is 16.0. The summed E-state index contributed by atoms with van der Waals surface area (Å²) in [5.41, 5.74) is -0.618. The first-order valence-electron chi connectivity index (χ1n) is 7.45. The van der Waals surface area contributed by atoms with Gasteiger partial charge in [-0.1, -0.05) is 0 Å². The average Bonchev–Trinajstić information content (AvgIpc) is 2.79. The van der Waals surface area contributed by atoms with E-state index in [2.05, 4.69) is 5.32 Å². The molecule has 2 heterocycles. The lowest BCUT2D eigenvalue weighted by atomic mass is 10.1. The molecule has 7 heteroatoms. The van der Waals surface area contributed by atoms with Gasteiger partial charge in [-0.3, -0.25) is 9.69 Å². The largest absolute Gasteiger partial charge is 0.444 e. The number of aliphatic hydroxyl groups excluding tert-OH is 1. The third-order valence-electron chi connectivity index (χ3n) is 3.62. The smallest absolute Gasteiger partial charge is 0.411 e. The maximum atomic E-state index is 12.6. The van der Waals surface area contributed by atoms with E-state index in [1.54, 1.807) is 25.7 Å². The number of carbonyl (C=O) groups is 2. The Morgan fingerprint density at radius 3 is 2.43 bits per heavy atom. The normalized spacial score (nSPS) is 26.9. The highest BCUT2D eigenvalue weighted by Crippen LogP contribution is 2.23. The van der Waals surface area contributed by atoms with Gasteiger partial charge in [-0.25, -0.2) is 4.79 Å². The number of nitrogens with one attached hydrogen (secondary N) is 1. The molecule has 7 nitrogen and oxygen atoms in total. The van der Waals surface area contributed by atoms with E-state index in [1.165, 1.54) is 4.90 Å². The van der Waals surface area contributed by atoms with Gasteiger partial charge < -0.3 is 20.1 Å². The van der Waals surface area contributed by atoms with Gasteiger partial charge >= 0.3 is 6.09 Å². The van der Waals surface area contributed by atoms with Gasteiger partial charge in [0.05, 0.1) is 12.6 Å². The second-order valence-corrected chi connectivity index (χ2v) is 6.61. The highest BCUT2D eigenvalue weighted by molar-refractivity contribution is 5.86. The number of rotatable bonds is 1. The molecule has 0 aromatic heterocycles. The third kappa shape index (κ3) is 4.07. The molecule has 0 unspecified atom stereocenters. The Kier molecular flexibility index (Phi) is 4.73. The summed E-state index contributed by atoms with van der Waals surface area (Å²) >= 11 is 0. The molecular weight excluding hydrogens is 274 g/mol. The molecule has 0 radical (unpaired) electrons. The van der Waals surface area contributed by atoms with Crippen molar-refractivity contribution in [2.75, 3.05) is 32.7 Å². The molecule has 2 saturated heterocycles. The molecule has 2 N–H and O–H groups in total. The van der Waals surface area contributed by atoms with E-state index in [4.69, 9.17) is 4.74 Å². The fourth-order valence-corrected chi connectivity index (χ4v) is 2.67. The van der Waals surface area contributed by atoms with E-state index >= 15 is 0 Å². The van der Waals surface area contributed by atoms with Crippen LogP contribution in [-0.2, 0) is 9.53 Å². The SMILES string of the molecule is CC(C)(C)OC(=O)N1C[C@H](O)C[C@H]1C(=O)N1CCNCC1. The number of β-amino-alcohol motifs (C(OH)–C–C–N with tert-alkyl or cyclic N) is 1. The Labute approximate surface area is 125 Å². The summed E-state index contributed by atoms with van der Waals surface area (Å²) in [6.45, 7) is 8.28. The van der Waals surface area contributed by atoms with Crippen LogP contribution in [0, 0.1) is 0 Å². The molecule has 0 aromatic rings. The van der Waals surface area contributed by atoms with Crippen LogP contribution in [0.5, 0.6) is 0 Å².